The number of rotatable bonds is 10. The highest BCUT2D eigenvalue weighted by Crippen LogP contribution is 2.35. The minimum Gasteiger partial charge on any atom is -0.497 e. The van der Waals surface area contributed by atoms with Crippen molar-refractivity contribution in [2.45, 2.75) is 31.3 Å². The molecule has 7 nitrogen and oxygen atoms in total. The van der Waals surface area contributed by atoms with E-state index in [9.17, 15) is 0 Å². The fraction of sp³-hybridized carbons (Fsp3) is 0.522. The maximum Gasteiger partial charge on any atom is 0.191 e. The zero-order valence-corrected chi connectivity index (χ0v) is 18.0. The Kier molecular flexibility index (Phi) is 8.59. The van der Waals surface area contributed by atoms with Gasteiger partial charge in [-0.2, -0.15) is 0 Å². The van der Waals surface area contributed by atoms with Gasteiger partial charge >= 0.3 is 0 Å². The summed E-state index contributed by atoms with van der Waals surface area (Å²) < 4.78 is 21.8. The van der Waals surface area contributed by atoms with Gasteiger partial charge in [-0.15, -0.1) is 0 Å². The van der Waals surface area contributed by atoms with E-state index in [0.717, 1.165) is 63.0 Å². The first-order valence-corrected chi connectivity index (χ1v) is 10.5. The quantitative estimate of drug-likeness (QED) is 0.353. The first-order chi connectivity index (χ1) is 14.8. The van der Waals surface area contributed by atoms with E-state index >= 15 is 0 Å². The van der Waals surface area contributed by atoms with Crippen molar-refractivity contribution >= 4 is 5.96 Å². The molecule has 7 heteroatoms. The van der Waals surface area contributed by atoms with E-state index in [4.69, 9.17) is 18.6 Å². The van der Waals surface area contributed by atoms with Crippen LogP contribution in [0, 0.1) is 0 Å². The number of furan rings is 1. The smallest absolute Gasteiger partial charge is 0.191 e. The molecule has 1 aliphatic rings. The van der Waals surface area contributed by atoms with Crippen molar-refractivity contribution in [3.8, 4) is 5.75 Å². The summed E-state index contributed by atoms with van der Waals surface area (Å²) in [4.78, 5) is 4.37. The van der Waals surface area contributed by atoms with Gasteiger partial charge in [-0.3, -0.25) is 4.99 Å². The first kappa shape index (κ1) is 22.2. The molecule has 0 aliphatic carbocycles. The monoisotopic (exact) mass is 415 g/mol. The molecule has 2 aromatic rings. The maximum atomic E-state index is 5.63. The van der Waals surface area contributed by atoms with Crippen LogP contribution in [-0.4, -0.2) is 53.0 Å². The summed E-state index contributed by atoms with van der Waals surface area (Å²) in [7, 11) is 3.49. The summed E-state index contributed by atoms with van der Waals surface area (Å²) in [6, 6.07) is 12.2. The van der Waals surface area contributed by atoms with E-state index in [0.29, 0.717) is 13.2 Å². The van der Waals surface area contributed by atoms with Crippen molar-refractivity contribution in [1.82, 2.24) is 10.6 Å². The van der Waals surface area contributed by atoms with Crippen LogP contribution in [-0.2, 0) is 21.5 Å². The van der Waals surface area contributed by atoms with Crippen molar-refractivity contribution in [3.63, 3.8) is 0 Å². The number of hydrogen-bond donors (Lipinski definition) is 2. The second-order valence-corrected chi connectivity index (χ2v) is 7.46. The predicted octanol–water partition coefficient (Wildman–Crippen LogP) is 3.11. The van der Waals surface area contributed by atoms with Crippen LogP contribution < -0.4 is 15.4 Å². The molecule has 1 aliphatic heterocycles. The number of aliphatic imine (C=N–C) groups is 1. The van der Waals surface area contributed by atoms with E-state index in [1.54, 1.807) is 20.4 Å². The van der Waals surface area contributed by atoms with Crippen LogP contribution in [0.5, 0.6) is 5.75 Å². The molecule has 0 atom stereocenters. The van der Waals surface area contributed by atoms with Crippen molar-refractivity contribution in [1.29, 1.82) is 0 Å². The molecule has 0 unspecified atom stereocenters. The highest BCUT2D eigenvalue weighted by Gasteiger charge is 2.34. The summed E-state index contributed by atoms with van der Waals surface area (Å²) in [5.41, 5.74) is 1.33. The number of methoxy groups -OCH3 is 1. The topological polar surface area (TPSA) is 77.3 Å². The highest BCUT2D eigenvalue weighted by atomic mass is 16.5. The minimum atomic E-state index is 0.0221. The van der Waals surface area contributed by atoms with Crippen molar-refractivity contribution in [3.05, 3.63) is 54.0 Å². The molecule has 0 spiro atoms. The van der Waals surface area contributed by atoms with Crippen molar-refractivity contribution in [2.24, 2.45) is 4.99 Å². The Balaban J connectivity index is 1.46. The Morgan fingerprint density at radius 3 is 2.60 bits per heavy atom. The predicted molar refractivity (Wildman–Crippen MR) is 117 cm³/mol. The Hall–Kier alpha value is -2.51. The van der Waals surface area contributed by atoms with Crippen LogP contribution in [0.3, 0.4) is 0 Å². The van der Waals surface area contributed by atoms with Crippen LogP contribution in [0.1, 0.15) is 30.6 Å². The van der Waals surface area contributed by atoms with Gasteiger partial charge in [0.05, 0.1) is 13.4 Å². The second-order valence-electron chi connectivity index (χ2n) is 7.46. The third kappa shape index (κ3) is 6.24. The van der Waals surface area contributed by atoms with E-state index < -0.39 is 0 Å². The molecule has 1 saturated heterocycles. The fourth-order valence-corrected chi connectivity index (χ4v) is 3.70. The van der Waals surface area contributed by atoms with Gasteiger partial charge < -0.3 is 29.3 Å². The van der Waals surface area contributed by atoms with Gasteiger partial charge in [0.25, 0.3) is 0 Å². The lowest BCUT2D eigenvalue weighted by molar-refractivity contribution is 0.0513. The molecule has 0 bridgehead atoms. The molecule has 0 amide bonds. The van der Waals surface area contributed by atoms with Gasteiger partial charge in [-0.25, -0.2) is 0 Å². The largest absolute Gasteiger partial charge is 0.497 e. The van der Waals surface area contributed by atoms with Gasteiger partial charge in [0.2, 0.25) is 0 Å². The number of guanidine groups is 1. The Morgan fingerprint density at radius 1 is 1.13 bits per heavy atom. The average Bonchev–Trinajstić information content (AvgIpc) is 3.32. The Bertz CT molecular complexity index is 753. The van der Waals surface area contributed by atoms with E-state index in [1.807, 2.05) is 24.3 Å². The molecule has 0 saturated carbocycles. The molecule has 164 valence electrons. The van der Waals surface area contributed by atoms with Crippen LogP contribution >= 0.6 is 0 Å². The standard InChI is InChI=1S/C23H33N3O4/c1-24-22(25-12-4-13-29-17-21-5-3-14-30-21)26-18-23(10-15-28-16-11-23)19-6-8-20(27-2)9-7-19/h3,5-9,14H,4,10-13,15-18H2,1-2H3,(H2,24,25,26). The number of nitrogens with zero attached hydrogens (tertiary/aromatic N) is 1. The first-order valence-electron chi connectivity index (χ1n) is 10.5. The van der Waals surface area contributed by atoms with Gasteiger partial charge in [-0.05, 0) is 49.1 Å². The number of nitrogens with one attached hydrogen (secondary N) is 2. The summed E-state index contributed by atoms with van der Waals surface area (Å²) in [6.45, 7) is 4.30. The zero-order chi connectivity index (χ0) is 21.1. The van der Waals surface area contributed by atoms with Crippen LogP contribution in [0.2, 0.25) is 0 Å². The maximum absolute atomic E-state index is 5.63. The van der Waals surface area contributed by atoms with Gasteiger partial charge in [0.1, 0.15) is 18.1 Å². The van der Waals surface area contributed by atoms with E-state index in [1.165, 1.54) is 5.56 Å². The van der Waals surface area contributed by atoms with Crippen molar-refractivity contribution in [2.75, 3.05) is 47.1 Å². The Morgan fingerprint density at radius 2 is 1.93 bits per heavy atom. The summed E-state index contributed by atoms with van der Waals surface area (Å²) in [6.07, 6.45) is 4.50. The normalized spacial score (nSPS) is 16.3. The molecule has 1 fully saturated rings. The third-order valence-electron chi connectivity index (χ3n) is 5.55. The van der Waals surface area contributed by atoms with Crippen LogP contribution in [0.15, 0.2) is 52.1 Å². The number of benzene rings is 1. The van der Waals surface area contributed by atoms with Crippen LogP contribution in [0.4, 0.5) is 0 Å². The lowest BCUT2D eigenvalue weighted by Gasteiger charge is -2.38. The number of ether oxygens (including phenoxy) is 3. The van der Waals surface area contributed by atoms with Gasteiger partial charge in [0, 0.05) is 45.4 Å². The highest BCUT2D eigenvalue weighted by molar-refractivity contribution is 5.79. The molecule has 1 aromatic heterocycles. The number of hydrogen-bond acceptors (Lipinski definition) is 5. The third-order valence-corrected chi connectivity index (χ3v) is 5.55. The van der Waals surface area contributed by atoms with Gasteiger partial charge in [0.15, 0.2) is 5.96 Å². The SMILES string of the molecule is CN=C(NCCCOCc1ccco1)NCC1(c2ccc(OC)cc2)CCOCC1. The average molecular weight is 416 g/mol. The lowest BCUT2D eigenvalue weighted by Crippen LogP contribution is -2.48. The molecule has 0 radical (unpaired) electrons. The molecular formula is C23H33N3O4. The van der Waals surface area contributed by atoms with Crippen LogP contribution in [0.25, 0.3) is 0 Å². The molecule has 2 N–H and O–H groups in total. The molecule has 1 aromatic carbocycles. The second kappa shape index (κ2) is 11.6. The molecule has 2 heterocycles. The summed E-state index contributed by atoms with van der Waals surface area (Å²) in [5.74, 6) is 2.53. The Labute approximate surface area is 178 Å². The van der Waals surface area contributed by atoms with E-state index in [-0.39, 0.29) is 5.41 Å². The van der Waals surface area contributed by atoms with Crippen molar-refractivity contribution < 1.29 is 18.6 Å². The molecular weight excluding hydrogens is 382 g/mol. The minimum absolute atomic E-state index is 0.0221. The van der Waals surface area contributed by atoms with E-state index in [2.05, 4.69) is 27.8 Å². The molecule has 30 heavy (non-hydrogen) atoms. The molecule has 3 rings (SSSR count). The zero-order valence-electron chi connectivity index (χ0n) is 18.0. The van der Waals surface area contributed by atoms with Gasteiger partial charge in [-0.1, -0.05) is 12.1 Å². The summed E-state index contributed by atoms with van der Waals surface area (Å²) >= 11 is 0. The fourth-order valence-electron chi connectivity index (χ4n) is 3.70. The lowest BCUT2D eigenvalue weighted by atomic mass is 9.74. The summed E-state index contributed by atoms with van der Waals surface area (Å²) in [5, 5.41) is 6.89.